The normalized spacial score (nSPS) is 27.8. The molecule has 64 heavy (non-hydrogen) atoms. The number of rotatable bonds is 15. The summed E-state index contributed by atoms with van der Waals surface area (Å²) in [5, 5.41) is 26.4. The zero-order valence-electron chi connectivity index (χ0n) is 38.1. The second-order valence-electron chi connectivity index (χ2n) is 17.3. The first kappa shape index (κ1) is 50.4. The minimum Gasteiger partial charge on any atom is -0.496 e. The summed E-state index contributed by atoms with van der Waals surface area (Å²) in [6.45, 7) is 11.0. The molecule has 4 N–H and O–H groups in total. The topological polar surface area (TPSA) is 203 Å². The van der Waals surface area contributed by atoms with Crippen molar-refractivity contribution in [1.29, 1.82) is 0 Å². The number of carboxylic acids is 1. The Morgan fingerprint density at radius 1 is 1.09 bits per heavy atom. The minimum atomic E-state index is -1.82. The molecule has 0 aromatic heterocycles. The van der Waals surface area contributed by atoms with Crippen LogP contribution in [0.4, 0.5) is 16.2 Å². The van der Waals surface area contributed by atoms with Crippen LogP contribution in [0, 0.1) is 11.8 Å². The number of nitrogens with one attached hydrogen (secondary N) is 2. The Kier molecular flexibility index (Phi) is 17.4. The van der Waals surface area contributed by atoms with Crippen LogP contribution in [-0.4, -0.2) is 108 Å². The summed E-state index contributed by atoms with van der Waals surface area (Å²) < 4.78 is 29.8. The molecule has 3 heterocycles. The van der Waals surface area contributed by atoms with E-state index in [1.165, 1.54) is 12.0 Å². The van der Waals surface area contributed by atoms with Crippen LogP contribution in [0.3, 0.4) is 0 Å². The van der Waals surface area contributed by atoms with Crippen LogP contribution in [0.25, 0.3) is 11.1 Å². The van der Waals surface area contributed by atoms with Gasteiger partial charge in [0.1, 0.15) is 29.7 Å². The van der Waals surface area contributed by atoms with Crippen LogP contribution in [0.5, 0.6) is 5.75 Å². The van der Waals surface area contributed by atoms with Crippen molar-refractivity contribution in [3.63, 3.8) is 0 Å². The number of anilines is 2. The molecule has 3 aliphatic rings. The molecule has 1 unspecified atom stereocenters. The van der Waals surface area contributed by atoms with Gasteiger partial charge in [0.05, 0.1) is 31.2 Å². The van der Waals surface area contributed by atoms with Crippen LogP contribution in [0.2, 0.25) is 0 Å². The predicted molar refractivity (Wildman–Crippen MR) is 248 cm³/mol. The molecule has 15 nitrogen and oxygen atoms in total. The first-order valence-electron chi connectivity index (χ1n) is 21.6. The van der Waals surface area contributed by atoms with Gasteiger partial charge in [-0.25, -0.2) is 4.79 Å². The van der Waals surface area contributed by atoms with Crippen molar-refractivity contribution < 1.29 is 57.9 Å². The van der Waals surface area contributed by atoms with E-state index in [0.717, 1.165) is 22.5 Å². The maximum absolute atomic E-state index is 14.6. The van der Waals surface area contributed by atoms with Crippen LogP contribution < -0.4 is 20.3 Å². The molecular formula is C47H63N3O12S2. The highest BCUT2D eigenvalue weighted by atomic mass is 33.1. The van der Waals surface area contributed by atoms with Crippen molar-refractivity contribution >= 4 is 62.8 Å². The van der Waals surface area contributed by atoms with Crippen LogP contribution >= 0.6 is 21.6 Å². The van der Waals surface area contributed by atoms with E-state index in [2.05, 4.69) is 10.6 Å². The molecule has 4 bridgehead atoms. The van der Waals surface area contributed by atoms with E-state index in [4.69, 9.17) is 28.8 Å². The fourth-order valence-corrected chi connectivity index (χ4v) is 10.4. The third-order valence-electron chi connectivity index (χ3n) is 11.8. The van der Waals surface area contributed by atoms with Crippen molar-refractivity contribution in [1.82, 2.24) is 5.32 Å². The molecular weight excluding hydrogens is 863 g/mol. The lowest BCUT2D eigenvalue weighted by atomic mass is 9.83. The summed E-state index contributed by atoms with van der Waals surface area (Å²) in [4.78, 5) is 66.0. The minimum absolute atomic E-state index is 0.0288. The number of epoxide rings is 1. The summed E-state index contributed by atoms with van der Waals surface area (Å²) in [5.41, 5.74) is 1.31. The van der Waals surface area contributed by atoms with Crippen LogP contribution in [0.15, 0.2) is 60.2 Å². The molecule has 17 heteroatoms. The number of fused-ring (bicyclic) bond motifs is 5. The second kappa shape index (κ2) is 22.1. The summed E-state index contributed by atoms with van der Waals surface area (Å²) in [6, 6.07) is 11.2. The van der Waals surface area contributed by atoms with E-state index in [1.54, 1.807) is 80.8 Å². The van der Waals surface area contributed by atoms with Gasteiger partial charge >= 0.3 is 18.0 Å². The number of esters is 1. The molecule has 5 rings (SSSR count). The molecule has 0 aliphatic carbocycles. The highest BCUT2D eigenvalue weighted by molar-refractivity contribution is 8.76. The average molecular weight is 926 g/mol. The number of aliphatic hydroxyl groups is 1. The Balaban J connectivity index is 1.47. The number of carbonyl (C=O) groups is 5. The van der Waals surface area contributed by atoms with E-state index in [1.807, 2.05) is 51.1 Å². The van der Waals surface area contributed by atoms with Crippen LogP contribution in [0.1, 0.15) is 85.6 Å². The molecule has 350 valence electrons. The highest BCUT2D eigenvalue weighted by Crippen LogP contribution is 2.49. The van der Waals surface area contributed by atoms with Crippen molar-refractivity contribution in [2.45, 2.75) is 127 Å². The maximum atomic E-state index is 14.6. The van der Waals surface area contributed by atoms with Gasteiger partial charge in [-0.05, 0) is 68.5 Å². The Labute approximate surface area is 383 Å². The number of carbonyl (C=O) groups excluding carboxylic acids is 4. The number of nitrogens with zero attached hydrogens (tertiary/aromatic N) is 1. The number of benzene rings is 2. The Morgan fingerprint density at radius 2 is 1.81 bits per heavy atom. The smallest absolute Gasteiger partial charge is 0.409 e. The van der Waals surface area contributed by atoms with Crippen molar-refractivity contribution in [3.05, 3.63) is 65.8 Å². The fourth-order valence-electron chi connectivity index (χ4n) is 8.00. The van der Waals surface area contributed by atoms with Gasteiger partial charge in [-0.3, -0.25) is 24.5 Å². The van der Waals surface area contributed by atoms with E-state index in [-0.39, 0.29) is 36.3 Å². The van der Waals surface area contributed by atoms with Gasteiger partial charge in [0.25, 0.3) is 0 Å². The van der Waals surface area contributed by atoms with Gasteiger partial charge < -0.3 is 44.1 Å². The van der Waals surface area contributed by atoms with Crippen molar-refractivity contribution in [2.24, 2.45) is 11.8 Å². The number of ether oxygens (including phenoxy) is 5. The lowest BCUT2D eigenvalue weighted by molar-refractivity contribution is -0.157. The maximum Gasteiger partial charge on any atom is 0.409 e. The number of aliphatic carboxylic acids is 1. The van der Waals surface area contributed by atoms with Gasteiger partial charge in [-0.1, -0.05) is 85.2 Å². The Bertz CT molecular complexity index is 2080. The van der Waals surface area contributed by atoms with Crippen LogP contribution in [-0.2, 0) is 44.5 Å². The summed E-state index contributed by atoms with van der Waals surface area (Å²) >= 11 is 0. The first-order valence-corrected chi connectivity index (χ1v) is 24.0. The molecule has 0 saturated carbocycles. The number of allylic oxidation sites excluding steroid dienone is 3. The number of carboxylic acid groups (broad SMARTS) is 1. The largest absolute Gasteiger partial charge is 0.496 e. The number of hydrogen-bond donors (Lipinski definition) is 4. The molecule has 8 atom stereocenters. The Morgan fingerprint density at radius 3 is 2.47 bits per heavy atom. The van der Waals surface area contributed by atoms with E-state index in [0.29, 0.717) is 48.4 Å². The van der Waals surface area contributed by atoms with Gasteiger partial charge in [-0.2, -0.15) is 0 Å². The summed E-state index contributed by atoms with van der Waals surface area (Å²) in [7, 11) is 7.94. The van der Waals surface area contributed by atoms with E-state index in [9.17, 15) is 29.1 Å². The number of amides is 3. The van der Waals surface area contributed by atoms with Gasteiger partial charge in [0.2, 0.25) is 11.8 Å². The lowest BCUT2D eigenvalue weighted by Crippen LogP contribution is -2.63. The molecule has 3 amide bonds. The zero-order chi connectivity index (χ0) is 46.9. The van der Waals surface area contributed by atoms with E-state index < -0.39 is 65.6 Å². The molecule has 2 saturated heterocycles. The molecule has 0 spiro atoms. The number of alkyl carbamates (subject to hydrolysis) is 1. The average Bonchev–Trinajstić information content (AvgIpc) is 3.94. The molecule has 3 aliphatic heterocycles. The summed E-state index contributed by atoms with van der Waals surface area (Å²) in [5.74, 6) is -1.54. The molecule has 0 radical (unpaired) electrons. The first-order chi connectivity index (χ1) is 30.3. The van der Waals surface area contributed by atoms with Gasteiger partial charge in [0.15, 0.2) is 5.72 Å². The molecule has 2 aromatic rings. The molecule has 2 aromatic carbocycles. The zero-order valence-corrected chi connectivity index (χ0v) is 39.8. The monoisotopic (exact) mass is 925 g/mol. The highest BCUT2D eigenvalue weighted by Gasteiger charge is 2.64. The SMILES string of the molecule is COc1cc2cc(c1-c1ccc(NC(=O)CCC(C)SSCCCC(=O)O)cc1)N(C)C(=O)C[C@H](OC(=O)C(C)C)[C@]1(C)O[C@H]1[C@H](C)[C@@H]1C[C@@](O)(NC(=O)O1)[C@H](OC)/C=C/C=C(\C)C2. The van der Waals surface area contributed by atoms with E-state index >= 15 is 0 Å². The lowest BCUT2D eigenvalue weighted by Gasteiger charge is -2.42. The van der Waals surface area contributed by atoms with Gasteiger partial charge in [0, 0.05) is 61.6 Å². The summed E-state index contributed by atoms with van der Waals surface area (Å²) in [6.07, 6.45) is 3.02. The third kappa shape index (κ3) is 12.8. The standard InChI is InChI=1S/C47H63N3O12S2/c1-27(2)44(55)61-38-25-40(52)50(7)34-23-31(22-28(3)12-10-13-37(59-9)47(57)26-36(60-45(56)49-47)30(5)43-46(38,6)62-43)24-35(58-8)42(34)32-16-18-33(19-17-32)48-39(51)20-15-29(4)64-63-21-11-14-41(53)54/h10,12-13,16-19,23-24,27,29-30,36-38,43,57H,11,14-15,20-22,25-26H2,1-9H3,(H,48,51)(H,49,56)(H,53,54)/b13-10+,28-12+/t29?,30-,36+,37-,38+,43+,46+,47+/m1/s1. The quantitative estimate of drug-likeness (QED) is 0.0586. The predicted octanol–water partition coefficient (Wildman–Crippen LogP) is 7.69. The number of methoxy groups -OCH3 is 2. The van der Waals surface area contributed by atoms with Gasteiger partial charge in [-0.15, -0.1) is 0 Å². The number of hydrogen-bond acceptors (Lipinski definition) is 13. The van der Waals surface area contributed by atoms with Crippen molar-refractivity contribution in [2.75, 3.05) is 37.2 Å². The molecule has 2 fully saturated rings. The fraction of sp³-hybridized carbons (Fsp3) is 0.553. The Hall–Kier alpha value is -4.55. The second-order valence-corrected chi connectivity index (χ2v) is 20.3. The third-order valence-corrected chi connectivity index (χ3v) is 14.9. The van der Waals surface area contributed by atoms with Crippen molar-refractivity contribution in [3.8, 4) is 16.9 Å².